The average molecular weight is 369 g/mol. The Morgan fingerprint density at radius 1 is 1.17 bits per heavy atom. The number of ketones is 1. The molecule has 7 heteroatoms. The van der Waals surface area contributed by atoms with Crippen LogP contribution >= 0.6 is 19.9 Å². The molecule has 24 heavy (non-hydrogen) atoms. The van der Waals surface area contributed by atoms with Crippen LogP contribution in [0.5, 0.6) is 5.75 Å². The Morgan fingerprint density at radius 2 is 1.88 bits per heavy atom. The van der Waals surface area contributed by atoms with Gasteiger partial charge in [-0.1, -0.05) is 48.0 Å². The molecule has 0 saturated heterocycles. The van der Waals surface area contributed by atoms with Gasteiger partial charge in [0.1, 0.15) is 5.75 Å². The van der Waals surface area contributed by atoms with Crippen LogP contribution in [0, 0.1) is 0 Å². The van der Waals surface area contributed by atoms with Crippen molar-refractivity contribution in [2.75, 3.05) is 13.7 Å². The number of rotatable bonds is 8. The zero-order valence-electron chi connectivity index (χ0n) is 13.3. The maximum Gasteiger partial charge on any atom is 0.320 e. The smallest absolute Gasteiger partial charge is 0.320 e. The zero-order chi connectivity index (χ0) is 17.5. The highest BCUT2D eigenvalue weighted by atomic mass is 35.5. The van der Waals surface area contributed by atoms with E-state index in [0.29, 0.717) is 11.3 Å². The second kappa shape index (κ2) is 9.00. The van der Waals surface area contributed by atoms with Gasteiger partial charge in [-0.3, -0.25) is 13.9 Å². The van der Waals surface area contributed by atoms with E-state index in [1.165, 1.54) is 7.11 Å². The monoisotopic (exact) mass is 368 g/mol. The van der Waals surface area contributed by atoms with Crippen LogP contribution in [0.1, 0.15) is 28.9 Å². The number of carbonyl (C=O) groups excluding carboxylic acids is 1. The van der Waals surface area contributed by atoms with E-state index in [9.17, 15) is 9.36 Å². The first kappa shape index (κ1) is 18.7. The predicted octanol–water partition coefficient (Wildman–Crippen LogP) is 4.72. The van der Waals surface area contributed by atoms with Gasteiger partial charge in [0.2, 0.25) is 5.78 Å². The van der Waals surface area contributed by atoms with Crippen molar-refractivity contribution < 1.29 is 23.1 Å². The van der Waals surface area contributed by atoms with E-state index in [4.69, 9.17) is 25.4 Å². The van der Waals surface area contributed by atoms with Crippen LogP contribution in [0.25, 0.3) is 0 Å². The number of carbonyl (C=O) groups is 1. The van der Waals surface area contributed by atoms with E-state index in [-0.39, 0.29) is 17.2 Å². The summed E-state index contributed by atoms with van der Waals surface area (Å²) in [7, 11) is -1.38. The Morgan fingerprint density at radius 3 is 2.50 bits per heavy atom. The molecule has 2 aromatic rings. The Hall–Kier alpha value is -1.65. The summed E-state index contributed by atoms with van der Waals surface area (Å²) in [5.41, 5.74) is 0.740. The molecule has 0 N–H and O–H groups in total. The number of Topliss-reactive ketones (excluding diaryl/α,β-unsaturated/α-hetero) is 1. The largest absolute Gasteiger partial charge is 0.496 e. The maximum atomic E-state index is 13.0. The first-order chi connectivity index (χ1) is 11.6. The van der Waals surface area contributed by atoms with E-state index in [0.717, 1.165) is 0 Å². The fourth-order valence-electron chi connectivity index (χ4n) is 2.19. The molecule has 2 rings (SSSR count). The Labute approximate surface area is 146 Å². The fraction of sp³-hybridized carbons (Fsp3) is 0.235. The molecule has 0 bridgehead atoms. The van der Waals surface area contributed by atoms with E-state index in [1.807, 2.05) is 6.07 Å². The number of ether oxygens (including phenoxy) is 1. The molecule has 2 atom stereocenters. The highest BCUT2D eigenvalue weighted by Gasteiger charge is 2.29. The van der Waals surface area contributed by atoms with Gasteiger partial charge >= 0.3 is 8.25 Å². The number of methoxy groups -OCH3 is 1. The third-order valence-corrected chi connectivity index (χ3v) is 4.53. The van der Waals surface area contributed by atoms with Crippen LogP contribution in [0.15, 0.2) is 48.5 Å². The molecule has 0 saturated carbocycles. The summed E-state index contributed by atoms with van der Waals surface area (Å²) < 4.78 is 27.5. The molecule has 0 aromatic heterocycles. The van der Waals surface area contributed by atoms with Crippen LogP contribution in [0.2, 0.25) is 5.02 Å². The van der Waals surface area contributed by atoms with Crippen molar-refractivity contribution >= 4 is 25.6 Å². The SMILES string of the molecule is CCO[PH](=O)OC(C(=O)c1c(Cl)cccc1OC)c1ccccc1. The summed E-state index contributed by atoms with van der Waals surface area (Å²) in [6.45, 7) is 1.92. The van der Waals surface area contributed by atoms with Crippen molar-refractivity contribution in [1.29, 1.82) is 0 Å². The Bertz CT molecular complexity index is 720. The van der Waals surface area contributed by atoms with Crippen molar-refractivity contribution in [2.24, 2.45) is 0 Å². The molecule has 0 fully saturated rings. The first-order valence-electron chi connectivity index (χ1n) is 7.33. The molecule has 0 aliphatic rings. The number of halogens is 1. The minimum absolute atomic E-state index is 0.182. The molecule has 128 valence electrons. The molecule has 0 aliphatic heterocycles. The molecular formula is C17H18ClO5P. The number of benzene rings is 2. The van der Waals surface area contributed by atoms with Gasteiger partial charge in [0, 0.05) is 0 Å². The average Bonchev–Trinajstić information content (AvgIpc) is 2.60. The topological polar surface area (TPSA) is 61.8 Å². The summed E-state index contributed by atoms with van der Waals surface area (Å²) in [6, 6.07) is 13.7. The van der Waals surface area contributed by atoms with E-state index < -0.39 is 20.1 Å². The van der Waals surface area contributed by atoms with Gasteiger partial charge in [0.25, 0.3) is 0 Å². The van der Waals surface area contributed by atoms with E-state index >= 15 is 0 Å². The molecule has 2 unspecified atom stereocenters. The summed E-state index contributed by atoms with van der Waals surface area (Å²) in [4.78, 5) is 13.0. The van der Waals surface area contributed by atoms with Crippen LogP contribution < -0.4 is 4.74 Å². The molecule has 5 nitrogen and oxygen atoms in total. The van der Waals surface area contributed by atoms with Crippen molar-refractivity contribution in [2.45, 2.75) is 13.0 Å². The van der Waals surface area contributed by atoms with Crippen molar-refractivity contribution in [3.63, 3.8) is 0 Å². The maximum absolute atomic E-state index is 13.0. The van der Waals surface area contributed by atoms with Gasteiger partial charge in [-0.15, -0.1) is 0 Å². The highest BCUT2D eigenvalue weighted by Crippen LogP contribution is 2.38. The minimum Gasteiger partial charge on any atom is -0.496 e. The van der Waals surface area contributed by atoms with Gasteiger partial charge in [-0.05, 0) is 24.6 Å². The van der Waals surface area contributed by atoms with Gasteiger partial charge in [-0.25, -0.2) is 0 Å². The minimum atomic E-state index is -2.82. The van der Waals surface area contributed by atoms with Crippen molar-refractivity contribution in [1.82, 2.24) is 0 Å². The molecule has 0 heterocycles. The van der Waals surface area contributed by atoms with Gasteiger partial charge < -0.3 is 9.26 Å². The van der Waals surface area contributed by atoms with Gasteiger partial charge in [0.05, 0.1) is 24.3 Å². The van der Waals surface area contributed by atoms with Crippen molar-refractivity contribution in [3.05, 3.63) is 64.7 Å². The lowest BCUT2D eigenvalue weighted by atomic mass is 9.99. The molecule has 0 amide bonds. The van der Waals surface area contributed by atoms with Crippen LogP contribution in [-0.4, -0.2) is 19.5 Å². The first-order valence-corrected chi connectivity index (χ1v) is 8.93. The van der Waals surface area contributed by atoms with Crippen molar-refractivity contribution in [3.8, 4) is 5.75 Å². The quantitative estimate of drug-likeness (QED) is 0.498. The zero-order valence-corrected chi connectivity index (χ0v) is 15.1. The summed E-state index contributed by atoms with van der Waals surface area (Å²) in [6.07, 6.45) is -1.10. The lowest BCUT2D eigenvalue weighted by Crippen LogP contribution is -2.16. The summed E-state index contributed by atoms with van der Waals surface area (Å²) in [5.74, 6) is -0.116. The third kappa shape index (κ3) is 4.46. The fourth-order valence-corrected chi connectivity index (χ4v) is 3.19. The highest BCUT2D eigenvalue weighted by molar-refractivity contribution is 7.33. The molecular weight excluding hydrogens is 351 g/mol. The molecule has 0 aliphatic carbocycles. The van der Waals surface area contributed by atoms with E-state index in [1.54, 1.807) is 49.4 Å². The van der Waals surface area contributed by atoms with Crippen LogP contribution in [0.3, 0.4) is 0 Å². The molecule has 2 aromatic carbocycles. The molecule has 0 radical (unpaired) electrons. The third-order valence-electron chi connectivity index (χ3n) is 3.26. The Balaban J connectivity index is 2.44. The second-order valence-electron chi connectivity index (χ2n) is 4.77. The normalized spacial score (nSPS) is 13.3. The van der Waals surface area contributed by atoms with Crippen LogP contribution in [-0.2, 0) is 13.6 Å². The number of hydrogen-bond acceptors (Lipinski definition) is 5. The lowest BCUT2D eigenvalue weighted by Gasteiger charge is -2.18. The van der Waals surface area contributed by atoms with E-state index in [2.05, 4.69) is 0 Å². The second-order valence-corrected chi connectivity index (χ2v) is 6.20. The standard InChI is InChI=1S/C17H18ClO5P/c1-3-22-24(20)23-17(12-8-5-4-6-9-12)16(19)15-13(18)10-7-11-14(15)21-2/h4-11,17,24H,3H2,1-2H3. The Kier molecular flexibility index (Phi) is 7.00. The summed E-state index contributed by atoms with van der Waals surface area (Å²) >= 11 is 6.17. The van der Waals surface area contributed by atoms with Crippen LogP contribution in [0.4, 0.5) is 0 Å². The van der Waals surface area contributed by atoms with Gasteiger partial charge in [-0.2, -0.15) is 0 Å². The summed E-state index contributed by atoms with van der Waals surface area (Å²) in [5, 5.41) is 0.236. The predicted molar refractivity (Wildman–Crippen MR) is 93.2 cm³/mol. The molecule has 0 spiro atoms. The van der Waals surface area contributed by atoms with Gasteiger partial charge in [0.15, 0.2) is 6.10 Å². The lowest BCUT2D eigenvalue weighted by molar-refractivity contribution is 0.0765. The number of hydrogen-bond donors (Lipinski definition) is 0.